The first-order chi connectivity index (χ1) is 8.31. The molecular formula is C13H25N3O. The predicted molar refractivity (Wildman–Crippen MR) is 68.6 cm³/mol. The van der Waals surface area contributed by atoms with E-state index in [1.807, 2.05) is 0 Å². The van der Waals surface area contributed by atoms with Gasteiger partial charge in [-0.1, -0.05) is 0 Å². The molecule has 2 aliphatic heterocycles. The van der Waals surface area contributed by atoms with Crippen LogP contribution in [0.15, 0.2) is 0 Å². The Kier molecular flexibility index (Phi) is 4.80. The zero-order valence-electron chi connectivity index (χ0n) is 10.7. The van der Waals surface area contributed by atoms with Crippen LogP contribution in [0.4, 0.5) is 0 Å². The molecule has 2 N–H and O–H groups in total. The van der Waals surface area contributed by atoms with Gasteiger partial charge in [-0.25, -0.2) is 0 Å². The molecule has 0 aliphatic carbocycles. The van der Waals surface area contributed by atoms with Gasteiger partial charge >= 0.3 is 0 Å². The van der Waals surface area contributed by atoms with Gasteiger partial charge in [-0.05, 0) is 38.6 Å². The number of likely N-dealkylation sites (tertiary alicyclic amines) is 2. The Hall–Kier alpha value is -0.610. The van der Waals surface area contributed by atoms with Crippen molar-refractivity contribution in [2.75, 3.05) is 39.3 Å². The van der Waals surface area contributed by atoms with Crippen molar-refractivity contribution < 1.29 is 4.79 Å². The molecule has 0 saturated carbocycles. The molecule has 0 bridgehead atoms. The van der Waals surface area contributed by atoms with Crippen molar-refractivity contribution in [3.63, 3.8) is 0 Å². The minimum Gasteiger partial charge on any atom is -0.342 e. The lowest BCUT2D eigenvalue weighted by Crippen LogP contribution is -2.47. The first-order valence-electron chi connectivity index (χ1n) is 7.02. The van der Waals surface area contributed by atoms with Crippen LogP contribution in [0.5, 0.6) is 0 Å². The molecule has 4 heteroatoms. The lowest BCUT2D eigenvalue weighted by Gasteiger charge is -2.36. The van der Waals surface area contributed by atoms with Gasteiger partial charge in [0.25, 0.3) is 0 Å². The van der Waals surface area contributed by atoms with E-state index in [2.05, 4.69) is 9.80 Å². The van der Waals surface area contributed by atoms with Gasteiger partial charge in [0.15, 0.2) is 0 Å². The van der Waals surface area contributed by atoms with Crippen LogP contribution < -0.4 is 5.73 Å². The second kappa shape index (κ2) is 6.36. The summed E-state index contributed by atoms with van der Waals surface area (Å²) in [6.07, 6.45) is 5.87. The summed E-state index contributed by atoms with van der Waals surface area (Å²) in [6, 6.07) is 0. The second-order valence-electron chi connectivity index (χ2n) is 5.31. The molecule has 2 rings (SSSR count). The van der Waals surface area contributed by atoms with Gasteiger partial charge in [-0.3, -0.25) is 4.79 Å². The van der Waals surface area contributed by atoms with Crippen LogP contribution in [0.2, 0.25) is 0 Å². The number of hydrogen-bond donors (Lipinski definition) is 1. The third-order valence-electron chi connectivity index (χ3n) is 3.97. The largest absolute Gasteiger partial charge is 0.342 e. The molecule has 2 fully saturated rings. The molecule has 0 spiro atoms. The first-order valence-corrected chi connectivity index (χ1v) is 7.02. The molecule has 4 nitrogen and oxygen atoms in total. The summed E-state index contributed by atoms with van der Waals surface area (Å²) in [7, 11) is 0. The van der Waals surface area contributed by atoms with Gasteiger partial charge in [-0.2, -0.15) is 0 Å². The van der Waals surface area contributed by atoms with Crippen LogP contribution >= 0.6 is 0 Å². The topological polar surface area (TPSA) is 49.6 Å². The fourth-order valence-corrected chi connectivity index (χ4v) is 3.02. The van der Waals surface area contributed by atoms with Crippen LogP contribution in [-0.2, 0) is 4.79 Å². The molecule has 17 heavy (non-hydrogen) atoms. The van der Waals surface area contributed by atoms with Gasteiger partial charge in [0.2, 0.25) is 5.91 Å². The Bertz CT molecular complexity index is 249. The third kappa shape index (κ3) is 3.42. The fourth-order valence-electron chi connectivity index (χ4n) is 3.02. The van der Waals surface area contributed by atoms with Crippen molar-refractivity contribution in [2.45, 2.75) is 32.1 Å². The van der Waals surface area contributed by atoms with Crippen LogP contribution in [0.1, 0.15) is 32.1 Å². The van der Waals surface area contributed by atoms with Crippen LogP contribution in [0.3, 0.4) is 0 Å². The Labute approximate surface area is 104 Å². The molecule has 0 aromatic rings. The zero-order chi connectivity index (χ0) is 12.1. The highest BCUT2D eigenvalue weighted by atomic mass is 16.2. The zero-order valence-corrected chi connectivity index (χ0v) is 10.7. The summed E-state index contributed by atoms with van der Waals surface area (Å²) in [5, 5.41) is 0. The Morgan fingerprint density at radius 1 is 1.12 bits per heavy atom. The van der Waals surface area contributed by atoms with Gasteiger partial charge in [0.05, 0.1) is 5.92 Å². The first kappa shape index (κ1) is 12.8. The molecule has 2 heterocycles. The van der Waals surface area contributed by atoms with E-state index in [1.165, 1.54) is 19.3 Å². The van der Waals surface area contributed by atoms with Crippen molar-refractivity contribution in [3.05, 3.63) is 0 Å². The number of hydrogen-bond acceptors (Lipinski definition) is 3. The monoisotopic (exact) mass is 239 g/mol. The Morgan fingerprint density at radius 3 is 2.59 bits per heavy atom. The molecule has 1 amide bonds. The number of piperidine rings is 2. The smallest absolute Gasteiger partial charge is 0.226 e. The highest BCUT2D eigenvalue weighted by Crippen LogP contribution is 2.20. The number of carbonyl (C=O) groups excluding carboxylic acids is 1. The molecule has 0 radical (unpaired) electrons. The number of amides is 1. The summed E-state index contributed by atoms with van der Waals surface area (Å²) in [4.78, 5) is 16.8. The van der Waals surface area contributed by atoms with E-state index in [9.17, 15) is 4.79 Å². The quantitative estimate of drug-likeness (QED) is 0.787. The summed E-state index contributed by atoms with van der Waals surface area (Å²) in [5.41, 5.74) is 5.59. The lowest BCUT2D eigenvalue weighted by molar-refractivity contribution is -0.138. The van der Waals surface area contributed by atoms with Gasteiger partial charge in [0, 0.05) is 32.7 Å². The van der Waals surface area contributed by atoms with E-state index in [0.29, 0.717) is 12.5 Å². The second-order valence-corrected chi connectivity index (χ2v) is 5.31. The van der Waals surface area contributed by atoms with E-state index in [4.69, 9.17) is 5.73 Å². The molecule has 1 unspecified atom stereocenters. The molecule has 2 saturated heterocycles. The average molecular weight is 239 g/mol. The van der Waals surface area contributed by atoms with Gasteiger partial charge < -0.3 is 15.5 Å². The highest BCUT2D eigenvalue weighted by molar-refractivity contribution is 5.79. The molecule has 2 aliphatic rings. The number of rotatable bonds is 3. The summed E-state index contributed by atoms with van der Waals surface area (Å²) >= 11 is 0. The highest BCUT2D eigenvalue weighted by Gasteiger charge is 2.29. The lowest BCUT2D eigenvalue weighted by atomic mass is 9.95. The normalized spacial score (nSPS) is 27.1. The minimum atomic E-state index is 0.230. The average Bonchev–Trinajstić information content (AvgIpc) is 2.40. The molecule has 1 atom stereocenters. The van der Waals surface area contributed by atoms with Crippen molar-refractivity contribution >= 4 is 5.91 Å². The standard InChI is InChI=1S/C13H25N3O/c14-6-10-15-7-4-5-12(11-15)13(17)16-8-2-1-3-9-16/h12H,1-11,14H2. The van der Waals surface area contributed by atoms with Gasteiger partial charge in [-0.15, -0.1) is 0 Å². The maximum atomic E-state index is 12.4. The Morgan fingerprint density at radius 2 is 1.88 bits per heavy atom. The SMILES string of the molecule is NCCN1CCCC(C(=O)N2CCCCC2)C1. The summed E-state index contributed by atoms with van der Waals surface area (Å²) in [5.74, 6) is 0.625. The van der Waals surface area contributed by atoms with Crippen LogP contribution in [-0.4, -0.2) is 55.0 Å². The number of nitrogens with zero attached hydrogens (tertiary/aromatic N) is 2. The molecular weight excluding hydrogens is 214 g/mol. The van der Waals surface area contributed by atoms with E-state index >= 15 is 0 Å². The minimum absolute atomic E-state index is 0.230. The predicted octanol–water partition coefficient (Wildman–Crippen LogP) is 0.670. The maximum Gasteiger partial charge on any atom is 0.226 e. The number of nitrogens with two attached hydrogens (primary N) is 1. The van der Waals surface area contributed by atoms with E-state index in [1.54, 1.807) is 0 Å². The van der Waals surface area contributed by atoms with Crippen molar-refractivity contribution in [1.29, 1.82) is 0 Å². The summed E-state index contributed by atoms with van der Waals surface area (Å²) in [6.45, 7) is 5.63. The van der Waals surface area contributed by atoms with E-state index in [-0.39, 0.29) is 5.92 Å². The Balaban J connectivity index is 1.85. The molecule has 0 aromatic heterocycles. The molecule has 0 aromatic carbocycles. The van der Waals surface area contributed by atoms with E-state index in [0.717, 1.165) is 45.6 Å². The fraction of sp³-hybridized carbons (Fsp3) is 0.923. The third-order valence-corrected chi connectivity index (χ3v) is 3.97. The van der Waals surface area contributed by atoms with Crippen LogP contribution in [0, 0.1) is 5.92 Å². The number of carbonyl (C=O) groups is 1. The van der Waals surface area contributed by atoms with Crippen molar-refractivity contribution in [1.82, 2.24) is 9.80 Å². The van der Waals surface area contributed by atoms with Crippen LogP contribution in [0.25, 0.3) is 0 Å². The van der Waals surface area contributed by atoms with E-state index < -0.39 is 0 Å². The van der Waals surface area contributed by atoms with Gasteiger partial charge in [0.1, 0.15) is 0 Å². The van der Waals surface area contributed by atoms with Crippen molar-refractivity contribution in [3.8, 4) is 0 Å². The molecule has 98 valence electrons. The maximum absolute atomic E-state index is 12.4. The summed E-state index contributed by atoms with van der Waals surface area (Å²) < 4.78 is 0. The van der Waals surface area contributed by atoms with Crippen molar-refractivity contribution in [2.24, 2.45) is 11.7 Å².